The third kappa shape index (κ3) is 5.98. The third-order valence-electron chi connectivity index (χ3n) is 4.31. The number of benzene rings is 1. The molecule has 1 aliphatic rings. The minimum absolute atomic E-state index is 0.144. The van der Waals surface area contributed by atoms with Gasteiger partial charge in [0.25, 0.3) is 0 Å². The summed E-state index contributed by atoms with van der Waals surface area (Å²) < 4.78 is 34.7. The molecular weight excluding hydrogens is 326 g/mol. The Bertz CT molecular complexity index is 586. The molecule has 1 saturated heterocycles. The van der Waals surface area contributed by atoms with Crippen LogP contribution in [0.2, 0.25) is 0 Å². The smallest absolute Gasteiger partial charge is 0.151 e. The summed E-state index contributed by atoms with van der Waals surface area (Å²) in [6.07, 6.45) is 2.93. The van der Waals surface area contributed by atoms with Gasteiger partial charge in [-0.2, -0.15) is 0 Å². The Balaban J connectivity index is 1.83. The maximum atomic E-state index is 11.7. The highest BCUT2D eigenvalue weighted by molar-refractivity contribution is 7.91. The zero-order chi connectivity index (χ0) is 17.4. The highest BCUT2D eigenvalue weighted by atomic mass is 32.2. The van der Waals surface area contributed by atoms with E-state index >= 15 is 0 Å². The molecule has 0 aromatic heterocycles. The van der Waals surface area contributed by atoms with Gasteiger partial charge < -0.3 is 9.47 Å². The molecule has 1 aliphatic heterocycles. The molecule has 0 aliphatic carbocycles. The van der Waals surface area contributed by atoms with Crippen LogP contribution in [-0.2, 0) is 9.84 Å². The van der Waals surface area contributed by atoms with Crippen LogP contribution in [0.3, 0.4) is 0 Å². The lowest BCUT2D eigenvalue weighted by atomic mass is 10.2. The van der Waals surface area contributed by atoms with Crippen molar-refractivity contribution in [1.29, 1.82) is 0 Å². The van der Waals surface area contributed by atoms with Gasteiger partial charge in [-0.25, -0.2) is 8.42 Å². The van der Waals surface area contributed by atoms with Crippen LogP contribution in [0.25, 0.3) is 0 Å². The van der Waals surface area contributed by atoms with E-state index in [0.29, 0.717) is 24.7 Å². The van der Waals surface area contributed by atoms with E-state index in [1.54, 1.807) is 0 Å². The van der Waals surface area contributed by atoms with Crippen LogP contribution in [0.4, 0.5) is 0 Å². The third-order valence-corrected chi connectivity index (χ3v) is 6.06. The van der Waals surface area contributed by atoms with E-state index in [-0.39, 0.29) is 6.04 Å². The van der Waals surface area contributed by atoms with Crippen molar-refractivity contribution in [3.63, 3.8) is 0 Å². The van der Waals surface area contributed by atoms with E-state index < -0.39 is 9.84 Å². The van der Waals surface area contributed by atoms with Gasteiger partial charge in [0.1, 0.15) is 18.1 Å². The first-order valence-electron chi connectivity index (χ1n) is 8.84. The molecule has 0 amide bonds. The standard InChI is InChI=1S/C18H29NO4S/c1-3-5-11-19(16-10-14-24(20,21)15-16)12-13-23-18-8-6-17(7-9-18)22-4-2/h6-9,16H,3-5,10-15H2,1-2H3. The van der Waals surface area contributed by atoms with Gasteiger partial charge in [0.15, 0.2) is 9.84 Å². The fourth-order valence-corrected chi connectivity index (χ4v) is 4.74. The molecule has 24 heavy (non-hydrogen) atoms. The van der Waals surface area contributed by atoms with Gasteiger partial charge in [-0.1, -0.05) is 13.3 Å². The minimum atomic E-state index is -2.85. The first kappa shape index (κ1) is 19.1. The quantitative estimate of drug-likeness (QED) is 0.646. The summed E-state index contributed by atoms with van der Waals surface area (Å²) in [6, 6.07) is 7.75. The SMILES string of the molecule is CCCCN(CCOc1ccc(OCC)cc1)C1CCS(=O)(=O)C1. The van der Waals surface area contributed by atoms with Gasteiger partial charge in [-0.15, -0.1) is 0 Å². The second-order valence-electron chi connectivity index (χ2n) is 6.20. The van der Waals surface area contributed by atoms with Gasteiger partial charge in [0, 0.05) is 12.6 Å². The van der Waals surface area contributed by atoms with Crippen molar-refractivity contribution < 1.29 is 17.9 Å². The average molecular weight is 356 g/mol. The molecule has 2 rings (SSSR count). The summed E-state index contributed by atoms with van der Waals surface area (Å²) in [6.45, 7) is 7.01. The number of sulfone groups is 1. The largest absolute Gasteiger partial charge is 0.494 e. The van der Waals surface area contributed by atoms with Crippen LogP contribution in [0.1, 0.15) is 33.1 Å². The van der Waals surface area contributed by atoms with Crippen LogP contribution in [0.5, 0.6) is 11.5 Å². The first-order chi connectivity index (χ1) is 11.5. The Kier molecular flexibility index (Phi) is 7.37. The van der Waals surface area contributed by atoms with Crippen molar-refractivity contribution in [2.75, 3.05) is 37.8 Å². The van der Waals surface area contributed by atoms with E-state index in [9.17, 15) is 8.42 Å². The number of hydrogen-bond acceptors (Lipinski definition) is 5. The Morgan fingerprint density at radius 3 is 2.29 bits per heavy atom. The lowest BCUT2D eigenvalue weighted by Crippen LogP contribution is -2.39. The van der Waals surface area contributed by atoms with Crippen molar-refractivity contribution in [2.45, 2.75) is 39.2 Å². The van der Waals surface area contributed by atoms with Crippen molar-refractivity contribution in [3.8, 4) is 11.5 Å². The van der Waals surface area contributed by atoms with Gasteiger partial charge in [0.2, 0.25) is 0 Å². The van der Waals surface area contributed by atoms with Crippen molar-refractivity contribution in [3.05, 3.63) is 24.3 Å². The normalized spacial score (nSPS) is 19.5. The molecule has 1 aromatic carbocycles. The number of ether oxygens (including phenoxy) is 2. The topological polar surface area (TPSA) is 55.8 Å². The maximum Gasteiger partial charge on any atom is 0.151 e. The second-order valence-corrected chi connectivity index (χ2v) is 8.43. The Hall–Kier alpha value is -1.27. The van der Waals surface area contributed by atoms with Crippen LogP contribution >= 0.6 is 0 Å². The summed E-state index contributed by atoms with van der Waals surface area (Å²) >= 11 is 0. The highest BCUT2D eigenvalue weighted by Gasteiger charge is 2.31. The van der Waals surface area contributed by atoms with E-state index in [0.717, 1.165) is 43.9 Å². The molecule has 6 heteroatoms. The maximum absolute atomic E-state index is 11.7. The van der Waals surface area contributed by atoms with Crippen LogP contribution in [-0.4, -0.2) is 57.2 Å². The summed E-state index contributed by atoms with van der Waals surface area (Å²) in [5.74, 6) is 2.26. The summed E-state index contributed by atoms with van der Waals surface area (Å²) in [7, 11) is -2.85. The summed E-state index contributed by atoms with van der Waals surface area (Å²) in [5.41, 5.74) is 0. The number of hydrogen-bond donors (Lipinski definition) is 0. The van der Waals surface area contributed by atoms with Gasteiger partial charge in [-0.05, 0) is 50.6 Å². The Morgan fingerprint density at radius 1 is 1.08 bits per heavy atom. The van der Waals surface area contributed by atoms with Crippen molar-refractivity contribution in [2.24, 2.45) is 0 Å². The molecule has 1 atom stereocenters. The molecule has 1 fully saturated rings. The monoisotopic (exact) mass is 355 g/mol. The molecule has 0 radical (unpaired) electrons. The highest BCUT2D eigenvalue weighted by Crippen LogP contribution is 2.20. The minimum Gasteiger partial charge on any atom is -0.494 e. The molecule has 0 N–H and O–H groups in total. The fraction of sp³-hybridized carbons (Fsp3) is 0.667. The molecule has 5 nitrogen and oxygen atoms in total. The zero-order valence-corrected chi connectivity index (χ0v) is 15.6. The van der Waals surface area contributed by atoms with E-state index in [1.807, 2.05) is 31.2 Å². The number of rotatable bonds is 10. The van der Waals surface area contributed by atoms with Crippen LogP contribution in [0.15, 0.2) is 24.3 Å². The van der Waals surface area contributed by atoms with Crippen LogP contribution < -0.4 is 9.47 Å². The predicted molar refractivity (Wildman–Crippen MR) is 96.6 cm³/mol. The molecule has 1 heterocycles. The number of nitrogens with zero attached hydrogens (tertiary/aromatic N) is 1. The Morgan fingerprint density at radius 2 is 1.75 bits per heavy atom. The average Bonchev–Trinajstić information content (AvgIpc) is 2.92. The second kappa shape index (κ2) is 9.28. The zero-order valence-electron chi connectivity index (χ0n) is 14.7. The van der Waals surface area contributed by atoms with E-state index in [4.69, 9.17) is 9.47 Å². The fourth-order valence-electron chi connectivity index (χ4n) is 2.98. The molecule has 136 valence electrons. The van der Waals surface area contributed by atoms with Crippen molar-refractivity contribution >= 4 is 9.84 Å². The summed E-state index contributed by atoms with van der Waals surface area (Å²) in [4.78, 5) is 2.28. The lowest BCUT2D eigenvalue weighted by molar-refractivity contribution is 0.168. The van der Waals surface area contributed by atoms with Crippen molar-refractivity contribution in [1.82, 2.24) is 4.90 Å². The van der Waals surface area contributed by atoms with Gasteiger partial charge in [-0.3, -0.25) is 4.90 Å². The van der Waals surface area contributed by atoms with E-state index in [2.05, 4.69) is 11.8 Å². The van der Waals surface area contributed by atoms with Gasteiger partial charge >= 0.3 is 0 Å². The molecular formula is C18H29NO4S. The van der Waals surface area contributed by atoms with Crippen LogP contribution in [0, 0.1) is 0 Å². The Labute approximate surface area is 145 Å². The number of unbranched alkanes of at least 4 members (excludes halogenated alkanes) is 1. The summed E-state index contributed by atoms with van der Waals surface area (Å²) in [5, 5.41) is 0. The van der Waals surface area contributed by atoms with E-state index in [1.165, 1.54) is 0 Å². The molecule has 0 bridgehead atoms. The molecule has 0 spiro atoms. The molecule has 0 saturated carbocycles. The molecule has 1 aromatic rings. The lowest BCUT2D eigenvalue weighted by Gasteiger charge is -2.27. The molecule has 1 unspecified atom stereocenters. The first-order valence-corrected chi connectivity index (χ1v) is 10.7. The predicted octanol–water partition coefficient (Wildman–Crippen LogP) is 2.75. The van der Waals surface area contributed by atoms with Gasteiger partial charge in [0.05, 0.1) is 18.1 Å².